The first-order valence-electron chi connectivity index (χ1n) is 6.17. The zero-order valence-corrected chi connectivity index (χ0v) is 12.0. The first-order valence-corrected chi connectivity index (χ1v) is 7.16. The SMILES string of the molecule is Cc1ccnc(SCc2ccccc2CC(=O)NN)n1. The van der Waals surface area contributed by atoms with Gasteiger partial charge in [-0.25, -0.2) is 15.8 Å². The number of carbonyl (C=O) groups is 1. The van der Waals surface area contributed by atoms with Crippen LogP contribution in [0.5, 0.6) is 0 Å². The smallest absolute Gasteiger partial charge is 0.238 e. The fourth-order valence-corrected chi connectivity index (χ4v) is 2.64. The summed E-state index contributed by atoms with van der Waals surface area (Å²) in [5.74, 6) is 5.65. The van der Waals surface area contributed by atoms with Crippen LogP contribution < -0.4 is 11.3 Å². The first-order chi connectivity index (χ1) is 9.69. The topological polar surface area (TPSA) is 80.9 Å². The Kier molecular flexibility index (Phi) is 5.09. The lowest BCUT2D eigenvalue weighted by Gasteiger charge is -2.08. The number of aromatic nitrogens is 2. The average Bonchev–Trinajstić information content (AvgIpc) is 2.46. The van der Waals surface area contributed by atoms with E-state index in [0.29, 0.717) is 0 Å². The molecule has 2 rings (SSSR count). The zero-order chi connectivity index (χ0) is 14.4. The molecule has 104 valence electrons. The normalized spacial score (nSPS) is 10.3. The molecule has 1 aromatic carbocycles. The number of hydrogen-bond donors (Lipinski definition) is 2. The number of thioether (sulfide) groups is 1. The van der Waals surface area contributed by atoms with Crippen LogP contribution in [0.15, 0.2) is 41.7 Å². The minimum Gasteiger partial charge on any atom is -0.294 e. The highest BCUT2D eigenvalue weighted by Crippen LogP contribution is 2.21. The first kappa shape index (κ1) is 14.5. The van der Waals surface area contributed by atoms with Gasteiger partial charge in [0.2, 0.25) is 5.91 Å². The average molecular weight is 288 g/mol. The van der Waals surface area contributed by atoms with Crippen molar-refractivity contribution in [2.45, 2.75) is 24.3 Å². The number of carbonyl (C=O) groups excluding carboxylic acids is 1. The van der Waals surface area contributed by atoms with E-state index in [4.69, 9.17) is 5.84 Å². The fourth-order valence-electron chi connectivity index (χ4n) is 1.73. The Morgan fingerprint density at radius 2 is 2.05 bits per heavy atom. The van der Waals surface area contributed by atoms with E-state index < -0.39 is 0 Å². The highest BCUT2D eigenvalue weighted by molar-refractivity contribution is 7.98. The highest BCUT2D eigenvalue weighted by Gasteiger charge is 2.08. The number of hydrazine groups is 1. The van der Waals surface area contributed by atoms with E-state index in [1.165, 1.54) is 0 Å². The summed E-state index contributed by atoms with van der Waals surface area (Å²) in [5, 5.41) is 0.739. The quantitative estimate of drug-likeness (QED) is 0.287. The molecule has 1 heterocycles. The van der Waals surface area contributed by atoms with Crippen molar-refractivity contribution >= 4 is 17.7 Å². The lowest BCUT2D eigenvalue weighted by Crippen LogP contribution is -2.31. The van der Waals surface area contributed by atoms with Gasteiger partial charge in [-0.05, 0) is 24.1 Å². The second-order valence-corrected chi connectivity index (χ2v) is 5.22. The van der Waals surface area contributed by atoms with Crippen LogP contribution in [0.25, 0.3) is 0 Å². The summed E-state index contributed by atoms with van der Waals surface area (Å²) in [6, 6.07) is 9.67. The van der Waals surface area contributed by atoms with E-state index in [1.807, 2.05) is 37.3 Å². The number of amides is 1. The molecule has 0 aliphatic heterocycles. The number of nitrogens with one attached hydrogen (secondary N) is 1. The van der Waals surface area contributed by atoms with Gasteiger partial charge in [-0.3, -0.25) is 10.2 Å². The molecule has 1 amide bonds. The van der Waals surface area contributed by atoms with Gasteiger partial charge in [0.25, 0.3) is 0 Å². The standard InChI is InChI=1S/C14H16N4OS/c1-10-6-7-16-14(17-10)20-9-12-5-3-2-4-11(12)8-13(19)18-15/h2-7H,8-9,15H2,1H3,(H,18,19). The number of nitrogens with zero attached hydrogens (tertiary/aromatic N) is 2. The van der Waals surface area contributed by atoms with E-state index in [1.54, 1.807) is 18.0 Å². The lowest BCUT2D eigenvalue weighted by atomic mass is 10.1. The van der Waals surface area contributed by atoms with Crippen LogP contribution >= 0.6 is 11.8 Å². The lowest BCUT2D eigenvalue weighted by molar-refractivity contribution is -0.120. The molecule has 0 atom stereocenters. The number of rotatable bonds is 5. The van der Waals surface area contributed by atoms with Gasteiger partial charge in [0.1, 0.15) is 0 Å². The molecule has 0 unspecified atom stereocenters. The number of benzene rings is 1. The minimum absolute atomic E-state index is 0.200. The summed E-state index contributed by atoms with van der Waals surface area (Å²) in [7, 11) is 0. The van der Waals surface area contributed by atoms with Crippen LogP contribution in [0.4, 0.5) is 0 Å². The van der Waals surface area contributed by atoms with Crippen LogP contribution in [-0.2, 0) is 17.0 Å². The van der Waals surface area contributed by atoms with Gasteiger partial charge in [0, 0.05) is 17.6 Å². The predicted octanol–water partition coefficient (Wildman–Crippen LogP) is 1.61. The Morgan fingerprint density at radius 3 is 2.75 bits per heavy atom. The molecule has 0 radical (unpaired) electrons. The van der Waals surface area contributed by atoms with Gasteiger partial charge < -0.3 is 0 Å². The molecule has 0 saturated heterocycles. The molecule has 2 aromatic rings. The maximum atomic E-state index is 11.4. The Hall–Kier alpha value is -1.92. The van der Waals surface area contributed by atoms with Gasteiger partial charge >= 0.3 is 0 Å². The Labute approximate surface area is 122 Å². The molecule has 5 nitrogen and oxygen atoms in total. The summed E-state index contributed by atoms with van der Waals surface area (Å²) in [6.07, 6.45) is 2.03. The van der Waals surface area contributed by atoms with E-state index in [-0.39, 0.29) is 12.3 Å². The van der Waals surface area contributed by atoms with Crippen molar-refractivity contribution in [1.29, 1.82) is 0 Å². The predicted molar refractivity (Wildman–Crippen MR) is 78.8 cm³/mol. The molecule has 0 aliphatic rings. The monoisotopic (exact) mass is 288 g/mol. The van der Waals surface area contributed by atoms with Crippen molar-refractivity contribution in [3.8, 4) is 0 Å². The third-order valence-corrected chi connectivity index (χ3v) is 3.67. The largest absolute Gasteiger partial charge is 0.294 e. The van der Waals surface area contributed by atoms with Gasteiger partial charge in [-0.1, -0.05) is 36.0 Å². The van der Waals surface area contributed by atoms with E-state index >= 15 is 0 Å². The maximum Gasteiger partial charge on any atom is 0.238 e. The van der Waals surface area contributed by atoms with Gasteiger partial charge in [-0.2, -0.15) is 0 Å². The molecule has 0 aliphatic carbocycles. The Balaban J connectivity index is 2.07. The van der Waals surface area contributed by atoms with Gasteiger partial charge in [-0.15, -0.1) is 0 Å². The third kappa shape index (κ3) is 4.04. The van der Waals surface area contributed by atoms with Crippen LogP contribution in [0.3, 0.4) is 0 Å². The number of aryl methyl sites for hydroxylation is 1. The molecule has 0 bridgehead atoms. The molecule has 6 heteroatoms. The van der Waals surface area contributed by atoms with Crippen LogP contribution in [0.2, 0.25) is 0 Å². The summed E-state index contributed by atoms with van der Waals surface area (Å²) in [5.41, 5.74) is 5.15. The van der Waals surface area contributed by atoms with Crippen LogP contribution in [-0.4, -0.2) is 15.9 Å². The molecular weight excluding hydrogens is 272 g/mol. The molecule has 3 N–H and O–H groups in total. The highest BCUT2D eigenvalue weighted by atomic mass is 32.2. The second-order valence-electron chi connectivity index (χ2n) is 4.28. The number of hydrogen-bond acceptors (Lipinski definition) is 5. The zero-order valence-electron chi connectivity index (χ0n) is 11.2. The molecule has 0 spiro atoms. The van der Waals surface area contributed by atoms with Crippen molar-refractivity contribution in [1.82, 2.24) is 15.4 Å². The van der Waals surface area contributed by atoms with Gasteiger partial charge in [0.15, 0.2) is 5.16 Å². The summed E-state index contributed by atoms with van der Waals surface area (Å²) in [6.45, 7) is 1.94. The summed E-state index contributed by atoms with van der Waals surface area (Å²) in [4.78, 5) is 19.9. The molecule has 1 aromatic heterocycles. The van der Waals surface area contributed by atoms with E-state index in [9.17, 15) is 4.79 Å². The van der Waals surface area contributed by atoms with E-state index in [2.05, 4.69) is 15.4 Å². The fraction of sp³-hybridized carbons (Fsp3) is 0.214. The van der Waals surface area contributed by atoms with Crippen LogP contribution in [0.1, 0.15) is 16.8 Å². The Bertz CT molecular complexity index is 603. The molecule has 0 saturated carbocycles. The minimum atomic E-state index is -0.200. The summed E-state index contributed by atoms with van der Waals surface area (Å²) >= 11 is 1.55. The molecular formula is C14H16N4OS. The van der Waals surface area contributed by atoms with Gasteiger partial charge in [0.05, 0.1) is 6.42 Å². The van der Waals surface area contributed by atoms with Crippen LogP contribution in [0, 0.1) is 6.92 Å². The summed E-state index contributed by atoms with van der Waals surface area (Å²) < 4.78 is 0. The van der Waals surface area contributed by atoms with Crippen molar-refractivity contribution in [3.05, 3.63) is 53.3 Å². The molecule has 20 heavy (non-hydrogen) atoms. The van der Waals surface area contributed by atoms with E-state index in [0.717, 1.165) is 27.7 Å². The van der Waals surface area contributed by atoms with Crippen molar-refractivity contribution in [2.75, 3.05) is 0 Å². The van der Waals surface area contributed by atoms with Crippen molar-refractivity contribution in [3.63, 3.8) is 0 Å². The van der Waals surface area contributed by atoms with Crippen molar-refractivity contribution in [2.24, 2.45) is 5.84 Å². The Morgan fingerprint density at radius 1 is 1.30 bits per heavy atom. The van der Waals surface area contributed by atoms with Crippen molar-refractivity contribution < 1.29 is 4.79 Å². The number of nitrogens with two attached hydrogens (primary N) is 1. The third-order valence-electron chi connectivity index (χ3n) is 2.76. The maximum absolute atomic E-state index is 11.4. The second kappa shape index (κ2) is 7.02. The molecule has 0 fully saturated rings.